The van der Waals surface area contributed by atoms with Gasteiger partial charge in [-0.1, -0.05) is 30.3 Å². The standard InChI is InChI=1S/C8H11N3/c9-7(8(10)11)6-4-2-1-3-5-6/h1-5,7H,9H2,(H3,10,11)/t7-/m1/s1. The molecular formula is C8H11N3. The van der Waals surface area contributed by atoms with Crippen LogP contribution in [0.1, 0.15) is 11.6 Å². The van der Waals surface area contributed by atoms with Crippen molar-refractivity contribution in [3.63, 3.8) is 0 Å². The zero-order valence-corrected chi connectivity index (χ0v) is 6.12. The first-order valence-electron chi connectivity index (χ1n) is 3.36. The highest BCUT2D eigenvalue weighted by atomic mass is 14.8. The topological polar surface area (TPSA) is 75.9 Å². The summed E-state index contributed by atoms with van der Waals surface area (Å²) in [5.41, 5.74) is 11.7. The minimum atomic E-state index is -0.462. The Morgan fingerprint density at radius 2 is 1.82 bits per heavy atom. The normalized spacial score (nSPS) is 12.5. The minimum absolute atomic E-state index is 0.00352. The molecule has 0 bridgehead atoms. The van der Waals surface area contributed by atoms with Crippen molar-refractivity contribution in [1.82, 2.24) is 0 Å². The summed E-state index contributed by atoms with van der Waals surface area (Å²) < 4.78 is 0. The number of nitrogens with two attached hydrogens (primary N) is 2. The molecule has 1 aromatic carbocycles. The number of amidine groups is 1. The Morgan fingerprint density at radius 3 is 2.27 bits per heavy atom. The zero-order chi connectivity index (χ0) is 8.27. The first kappa shape index (κ1) is 7.75. The molecule has 0 unspecified atom stereocenters. The molecule has 0 saturated carbocycles. The number of benzene rings is 1. The molecular weight excluding hydrogens is 138 g/mol. The van der Waals surface area contributed by atoms with E-state index in [9.17, 15) is 0 Å². The predicted octanol–water partition coefficient (Wildman–Crippen LogP) is 0.622. The van der Waals surface area contributed by atoms with Gasteiger partial charge in [-0.3, -0.25) is 5.41 Å². The van der Waals surface area contributed by atoms with Gasteiger partial charge in [0, 0.05) is 0 Å². The van der Waals surface area contributed by atoms with Crippen molar-refractivity contribution in [1.29, 1.82) is 5.41 Å². The van der Waals surface area contributed by atoms with E-state index >= 15 is 0 Å². The van der Waals surface area contributed by atoms with Crippen LogP contribution in [-0.2, 0) is 0 Å². The molecule has 0 amide bonds. The van der Waals surface area contributed by atoms with Gasteiger partial charge in [0.25, 0.3) is 0 Å². The Morgan fingerprint density at radius 1 is 1.27 bits per heavy atom. The van der Waals surface area contributed by atoms with E-state index in [4.69, 9.17) is 16.9 Å². The van der Waals surface area contributed by atoms with Crippen LogP contribution in [0.5, 0.6) is 0 Å². The van der Waals surface area contributed by atoms with E-state index in [0.717, 1.165) is 5.56 Å². The van der Waals surface area contributed by atoms with E-state index < -0.39 is 6.04 Å². The fourth-order valence-electron chi connectivity index (χ4n) is 0.840. The van der Waals surface area contributed by atoms with E-state index in [1.807, 2.05) is 30.3 Å². The van der Waals surface area contributed by atoms with Crippen LogP contribution in [0.4, 0.5) is 0 Å². The lowest BCUT2D eigenvalue weighted by Gasteiger charge is -2.08. The minimum Gasteiger partial charge on any atom is -0.386 e. The number of nitrogens with one attached hydrogen (secondary N) is 1. The molecule has 1 rings (SSSR count). The lowest BCUT2D eigenvalue weighted by atomic mass is 10.1. The molecule has 0 aliphatic rings. The third-order valence-corrected chi connectivity index (χ3v) is 1.49. The summed E-state index contributed by atoms with van der Waals surface area (Å²) in [6.45, 7) is 0. The molecule has 0 aromatic heterocycles. The largest absolute Gasteiger partial charge is 0.386 e. The fourth-order valence-corrected chi connectivity index (χ4v) is 0.840. The van der Waals surface area contributed by atoms with Gasteiger partial charge >= 0.3 is 0 Å². The van der Waals surface area contributed by atoms with Gasteiger partial charge in [0.15, 0.2) is 0 Å². The third-order valence-electron chi connectivity index (χ3n) is 1.49. The van der Waals surface area contributed by atoms with Gasteiger partial charge in [-0.05, 0) is 5.56 Å². The molecule has 0 fully saturated rings. The summed E-state index contributed by atoms with van der Waals surface area (Å²) in [6.07, 6.45) is 0. The Balaban J connectivity index is 2.85. The van der Waals surface area contributed by atoms with Crippen molar-refractivity contribution < 1.29 is 0 Å². The lowest BCUT2D eigenvalue weighted by molar-refractivity contribution is 0.938. The van der Waals surface area contributed by atoms with E-state index in [-0.39, 0.29) is 5.84 Å². The summed E-state index contributed by atoms with van der Waals surface area (Å²) in [5.74, 6) is -0.00352. The van der Waals surface area contributed by atoms with Crippen molar-refractivity contribution in [3.05, 3.63) is 35.9 Å². The molecule has 0 aliphatic carbocycles. The molecule has 0 saturated heterocycles. The lowest BCUT2D eigenvalue weighted by Crippen LogP contribution is -2.27. The van der Waals surface area contributed by atoms with Crippen molar-refractivity contribution in [3.8, 4) is 0 Å². The Labute approximate surface area is 65.5 Å². The zero-order valence-electron chi connectivity index (χ0n) is 6.12. The van der Waals surface area contributed by atoms with Crippen LogP contribution in [0.15, 0.2) is 30.3 Å². The van der Waals surface area contributed by atoms with Gasteiger partial charge in [-0.2, -0.15) is 0 Å². The average molecular weight is 149 g/mol. The molecule has 1 aromatic rings. The first-order valence-corrected chi connectivity index (χ1v) is 3.36. The Kier molecular flexibility index (Phi) is 2.23. The van der Waals surface area contributed by atoms with Crippen molar-refractivity contribution in [2.24, 2.45) is 11.5 Å². The maximum Gasteiger partial charge on any atom is 0.112 e. The molecule has 0 radical (unpaired) electrons. The first-order chi connectivity index (χ1) is 5.22. The van der Waals surface area contributed by atoms with E-state index in [1.54, 1.807) is 0 Å². The molecule has 5 N–H and O–H groups in total. The van der Waals surface area contributed by atoms with Crippen molar-refractivity contribution in [2.45, 2.75) is 6.04 Å². The predicted molar refractivity (Wildman–Crippen MR) is 45.3 cm³/mol. The van der Waals surface area contributed by atoms with Crippen LogP contribution in [0, 0.1) is 5.41 Å². The van der Waals surface area contributed by atoms with Gasteiger partial charge in [-0.25, -0.2) is 0 Å². The Bertz CT molecular complexity index is 243. The average Bonchev–Trinajstić information content (AvgIpc) is 2.05. The molecule has 0 spiro atoms. The van der Waals surface area contributed by atoms with Crippen LogP contribution in [0.2, 0.25) is 0 Å². The molecule has 3 heteroatoms. The molecule has 0 aliphatic heterocycles. The summed E-state index contributed by atoms with van der Waals surface area (Å²) in [5, 5.41) is 7.09. The van der Waals surface area contributed by atoms with Crippen LogP contribution in [-0.4, -0.2) is 5.84 Å². The van der Waals surface area contributed by atoms with Gasteiger partial charge in [0.05, 0.1) is 6.04 Å². The van der Waals surface area contributed by atoms with Crippen molar-refractivity contribution in [2.75, 3.05) is 0 Å². The maximum atomic E-state index is 7.09. The number of hydrogen-bond donors (Lipinski definition) is 3. The van der Waals surface area contributed by atoms with Gasteiger partial charge in [-0.15, -0.1) is 0 Å². The molecule has 58 valence electrons. The van der Waals surface area contributed by atoms with Gasteiger partial charge in [0.2, 0.25) is 0 Å². The smallest absolute Gasteiger partial charge is 0.112 e. The quantitative estimate of drug-likeness (QED) is 0.426. The Hall–Kier alpha value is -1.35. The monoisotopic (exact) mass is 149 g/mol. The van der Waals surface area contributed by atoms with Crippen LogP contribution < -0.4 is 11.5 Å². The molecule has 11 heavy (non-hydrogen) atoms. The van der Waals surface area contributed by atoms with E-state index in [0.29, 0.717) is 0 Å². The highest BCUT2D eigenvalue weighted by Crippen LogP contribution is 2.07. The van der Waals surface area contributed by atoms with Crippen LogP contribution in [0.25, 0.3) is 0 Å². The SMILES string of the molecule is N=C(N)[C@H](N)c1ccccc1. The highest BCUT2D eigenvalue weighted by molar-refractivity contribution is 5.83. The third kappa shape index (κ3) is 1.78. The van der Waals surface area contributed by atoms with Gasteiger partial charge in [0.1, 0.15) is 5.84 Å². The number of hydrogen-bond acceptors (Lipinski definition) is 2. The van der Waals surface area contributed by atoms with E-state index in [2.05, 4.69) is 0 Å². The molecule has 3 nitrogen and oxygen atoms in total. The van der Waals surface area contributed by atoms with Crippen LogP contribution >= 0.6 is 0 Å². The summed E-state index contributed by atoms with van der Waals surface area (Å²) in [4.78, 5) is 0. The second kappa shape index (κ2) is 3.16. The summed E-state index contributed by atoms with van der Waals surface area (Å²) >= 11 is 0. The number of rotatable bonds is 2. The highest BCUT2D eigenvalue weighted by Gasteiger charge is 2.06. The fraction of sp³-hybridized carbons (Fsp3) is 0.125. The maximum absolute atomic E-state index is 7.09. The van der Waals surface area contributed by atoms with E-state index in [1.165, 1.54) is 0 Å². The summed E-state index contributed by atoms with van der Waals surface area (Å²) in [7, 11) is 0. The molecule has 1 atom stereocenters. The second-order valence-corrected chi connectivity index (χ2v) is 2.34. The summed E-state index contributed by atoms with van der Waals surface area (Å²) in [6, 6.07) is 8.89. The van der Waals surface area contributed by atoms with Gasteiger partial charge < -0.3 is 11.5 Å². The molecule has 0 heterocycles. The second-order valence-electron chi connectivity index (χ2n) is 2.34. The van der Waals surface area contributed by atoms with Crippen molar-refractivity contribution >= 4 is 5.84 Å². The van der Waals surface area contributed by atoms with Crippen LogP contribution in [0.3, 0.4) is 0 Å².